The third kappa shape index (κ3) is 2.55. The fourth-order valence-electron chi connectivity index (χ4n) is 2.16. The summed E-state index contributed by atoms with van der Waals surface area (Å²) in [6.07, 6.45) is -3.40. The highest BCUT2D eigenvalue weighted by Gasteiger charge is 2.54. The van der Waals surface area contributed by atoms with E-state index in [4.69, 9.17) is 10.3 Å². The molecule has 1 aromatic rings. The van der Waals surface area contributed by atoms with Crippen LogP contribution in [0, 0.1) is 0 Å². The number of aliphatic hydroxyl groups is 3. The van der Waals surface area contributed by atoms with Gasteiger partial charge < -0.3 is 20.1 Å². The lowest BCUT2D eigenvalue weighted by Gasteiger charge is -2.27. The molecule has 1 aliphatic heterocycles. The molecular formula is C10H13N5O6. The number of hydrogen-bond acceptors (Lipinski definition) is 7. The average molecular weight is 299 g/mol. The summed E-state index contributed by atoms with van der Waals surface area (Å²) in [5, 5.41) is 32.6. The highest BCUT2D eigenvalue weighted by molar-refractivity contribution is 5.03. The van der Waals surface area contributed by atoms with Crippen molar-refractivity contribution in [2.45, 2.75) is 24.0 Å². The third-order valence-corrected chi connectivity index (χ3v) is 3.30. The molecule has 0 aromatic carbocycles. The van der Waals surface area contributed by atoms with Crippen molar-refractivity contribution in [2.24, 2.45) is 5.11 Å². The summed E-state index contributed by atoms with van der Waals surface area (Å²) in [5.74, 6) is 0. The number of H-pyrrole nitrogens is 1. The van der Waals surface area contributed by atoms with Gasteiger partial charge in [0.2, 0.25) is 0 Å². The maximum atomic E-state index is 11.7. The van der Waals surface area contributed by atoms with Crippen molar-refractivity contribution in [2.75, 3.05) is 13.2 Å². The number of aliphatic hydroxyl groups excluding tert-OH is 3. The first kappa shape index (κ1) is 15.2. The topological polar surface area (TPSA) is 174 Å². The second-order valence-corrected chi connectivity index (χ2v) is 4.57. The van der Waals surface area contributed by atoms with Gasteiger partial charge in [0.1, 0.15) is 17.8 Å². The fourth-order valence-corrected chi connectivity index (χ4v) is 2.16. The molecule has 2 rings (SSSR count). The van der Waals surface area contributed by atoms with Crippen LogP contribution in [0.4, 0.5) is 0 Å². The van der Waals surface area contributed by atoms with E-state index in [9.17, 15) is 24.9 Å². The van der Waals surface area contributed by atoms with E-state index in [-0.39, 0.29) is 0 Å². The molecule has 1 saturated heterocycles. The van der Waals surface area contributed by atoms with Crippen LogP contribution >= 0.6 is 0 Å². The lowest BCUT2D eigenvalue weighted by atomic mass is 9.96. The summed E-state index contributed by atoms with van der Waals surface area (Å²) in [4.78, 5) is 27.2. The molecule has 1 unspecified atom stereocenters. The van der Waals surface area contributed by atoms with Crippen molar-refractivity contribution in [1.29, 1.82) is 0 Å². The van der Waals surface area contributed by atoms with E-state index in [1.807, 2.05) is 4.98 Å². The number of aromatic amines is 1. The fraction of sp³-hybridized carbons (Fsp3) is 0.600. The minimum absolute atomic E-state index is 0.438. The second kappa shape index (κ2) is 5.68. The lowest BCUT2D eigenvalue weighted by Crippen LogP contribution is -2.48. The van der Waals surface area contributed by atoms with Gasteiger partial charge in [-0.2, -0.15) is 0 Å². The Bertz CT molecular complexity index is 679. The van der Waals surface area contributed by atoms with Gasteiger partial charge in [-0.25, -0.2) is 4.79 Å². The molecule has 1 aliphatic rings. The highest BCUT2D eigenvalue weighted by Crippen LogP contribution is 2.36. The first-order valence-corrected chi connectivity index (χ1v) is 5.92. The van der Waals surface area contributed by atoms with Gasteiger partial charge in [-0.05, 0) is 5.53 Å². The van der Waals surface area contributed by atoms with Gasteiger partial charge in [0.25, 0.3) is 5.56 Å². The Morgan fingerprint density at radius 1 is 1.52 bits per heavy atom. The summed E-state index contributed by atoms with van der Waals surface area (Å²) in [5.41, 5.74) is 5.11. The van der Waals surface area contributed by atoms with Gasteiger partial charge in [0, 0.05) is 17.2 Å². The van der Waals surface area contributed by atoms with E-state index >= 15 is 0 Å². The number of rotatable bonds is 4. The van der Waals surface area contributed by atoms with Gasteiger partial charge in [-0.3, -0.25) is 14.3 Å². The summed E-state index contributed by atoms with van der Waals surface area (Å²) in [6.45, 7) is -1.17. The van der Waals surface area contributed by atoms with E-state index in [1.54, 1.807) is 0 Å². The molecule has 0 bridgehead atoms. The SMILES string of the molecule is [N-]=[N+]=NC[C@]1(CO)O[C@@H](n2ccc(=O)[nH]c2=O)[C@@H](O)C1O. The van der Waals surface area contributed by atoms with Crippen molar-refractivity contribution >= 4 is 0 Å². The van der Waals surface area contributed by atoms with Crippen LogP contribution in [0.25, 0.3) is 10.4 Å². The molecule has 0 spiro atoms. The Hall–Kier alpha value is -2.17. The molecular weight excluding hydrogens is 286 g/mol. The smallest absolute Gasteiger partial charge is 0.330 e. The Balaban J connectivity index is 2.41. The molecule has 1 fully saturated rings. The molecule has 0 amide bonds. The molecule has 0 radical (unpaired) electrons. The van der Waals surface area contributed by atoms with Gasteiger partial charge in [0.05, 0.1) is 13.2 Å². The Labute approximate surface area is 116 Å². The van der Waals surface area contributed by atoms with Crippen LogP contribution in [0.3, 0.4) is 0 Å². The molecule has 11 heteroatoms. The Kier molecular flexibility index (Phi) is 4.11. The number of azide groups is 1. The minimum atomic E-state index is -1.73. The second-order valence-electron chi connectivity index (χ2n) is 4.57. The maximum absolute atomic E-state index is 11.7. The van der Waals surface area contributed by atoms with E-state index in [1.165, 1.54) is 0 Å². The number of nitrogens with one attached hydrogen (secondary N) is 1. The molecule has 11 nitrogen and oxygen atoms in total. The summed E-state index contributed by atoms with van der Waals surface area (Å²) in [7, 11) is 0. The largest absolute Gasteiger partial charge is 0.393 e. The summed E-state index contributed by atoms with van der Waals surface area (Å²) in [6, 6.07) is 1.04. The van der Waals surface area contributed by atoms with Crippen molar-refractivity contribution in [3.63, 3.8) is 0 Å². The molecule has 2 heterocycles. The standard InChI is InChI=1S/C10H13N5O6/c11-14-12-3-10(4-16)7(19)6(18)8(21-10)15-2-1-5(17)13-9(15)20/h1-2,6-8,16,18-19H,3-4H2,(H,13,17,20)/t6-,7?,8+,10+/m0/s1. The van der Waals surface area contributed by atoms with Crippen LogP contribution in [0.1, 0.15) is 6.23 Å². The monoisotopic (exact) mass is 299 g/mol. The normalized spacial score (nSPS) is 31.9. The number of ether oxygens (including phenoxy) is 1. The molecule has 0 aliphatic carbocycles. The zero-order valence-corrected chi connectivity index (χ0v) is 10.7. The average Bonchev–Trinajstić information content (AvgIpc) is 2.71. The molecule has 4 N–H and O–H groups in total. The minimum Gasteiger partial charge on any atom is -0.393 e. The number of aromatic nitrogens is 2. The molecule has 21 heavy (non-hydrogen) atoms. The summed E-state index contributed by atoms with van der Waals surface area (Å²) < 4.78 is 6.22. The molecule has 4 atom stereocenters. The maximum Gasteiger partial charge on any atom is 0.330 e. The lowest BCUT2D eigenvalue weighted by molar-refractivity contribution is -0.123. The van der Waals surface area contributed by atoms with Crippen LogP contribution in [0.15, 0.2) is 27.0 Å². The number of hydrogen-bond donors (Lipinski definition) is 4. The van der Waals surface area contributed by atoms with Crippen molar-refractivity contribution in [1.82, 2.24) is 9.55 Å². The quantitative estimate of drug-likeness (QED) is 0.279. The first-order valence-electron chi connectivity index (χ1n) is 5.92. The Morgan fingerprint density at radius 2 is 2.24 bits per heavy atom. The van der Waals surface area contributed by atoms with E-state index in [2.05, 4.69) is 10.0 Å². The van der Waals surface area contributed by atoms with Gasteiger partial charge >= 0.3 is 5.69 Å². The van der Waals surface area contributed by atoms with Crippen LogP contribution in [-0.4, -0.2) is 55.8 Å². The van der Waals surface area contributed by atoms with Crippen LogP contribution in [0.5, 0.6) is 0 Å². The van der Waals surface area contributed by atoms with Crippen LogP contribution in [0.2, 0.25) is 0 Å². The first-order chi connectivity index (χ1) is 9.95. The predicted molar refractivity (Wildman–Crippen MR) is 67.3 cm³/mol. The van der Waals surface area contributed by atoms with E-state index in [0.717, 1.165) is 16.8 Å². The van der Waals surface area contributed by atoms with E-state index < -0.39 is 48.4 Å². The molecule has 1 aromatic heterocycles. The zero-order chi connectivity index (χ0) is 15.6. The van der Waals surface area contributed by atoms with Gasteiger partial charge in [-0.15, -0.1) is 0 Å². The van der Waals surface area contributed by atoms with Crippen LogP contribution in [-0.2, 0) is 4.74 Å². The van der Waals surface area contributed by atoms with E-state index in [0.29, 0.717) is 0 Å². The van der Waals surface area contributed by atoms with Crippen molar-refractivity contribution < 1.29 is 20.1 Å². The van der Waals surface area contributed by atoms with Crippen LogP contribution < -0.4 is 11.2 Å². The third-order valence-electron chi connectivity index (χ3n) is 3.30. The predicted octanol–water partition coefficient (Wildman–Crippen LogP) is -2.17. The Morgan fingerprint density at radius 3 is 2.81 bits per heavy atom. The van der Waals surface area contributed by atoms with Gasteiger partial charge in [0.15, 0.2) is 6.23 Å². The van der Waals surface area contributed by atoms with Gasteiger partial charge in [-0.1, -0.05) is 5.11 Å². The zero-order valence-electron chi connectivity index (χ0n) is 10.7. The number of nitrogens with zero attached hydrogens (tertiary/aromatic N) is 4. The van der Waals surface area contributed by atoms with Crippen molar-refractivity contribution in [3.05, 3.63) is 43.5 Å². The summed E-state index contributed by atoms with van der Waals surface area (Å²) >= 11 is 0. The molecule has 0 saturated carbocycles. The highest BCUT2D eigenvalue weighted by atomic mass is 16.6. The van der Waals surface area contributed by atoms with Crippen molar-refractivity contribution in [3.8, 4) is 0 Å². The molecule has 114 valence electrons.